The number of amidine groups is 1. The summed E-state index contributed by atoms with van der Waals surface area (Å²) in [5, 5.41) is 20.4. The number of nitrogens with zero attached hydrogens (tertiary/aromatic N) is 2. The van der Waals surface area contributed by atoms with Crippen molar-refractivity contribution in [1.29, 1.82) is 0 Å². The van der Waals surface area contributed by atoms with Gasteiger partial charge in [-0.1, -0.05) is 60.7 Å². The second-order valence-electron chi connectivity index (χ2n) is 12.4. The highest BCUT2D eigenvalue weighted by Gasteiger charge is 2.30. The van der Waals surface area contributed by atoms with Gasteiger partial charge in [-0.15, -0.1) is 0 Å². The first kappa shape index (κ1) is 35.4. The van der Waals surface area contributed by atoms with Gasteiger partial charge in [0, 0.05) is 22.3 Å². The van der Waals surface area contributed by atoms with Crippen LogP contribution in [0.3, 0.4) is 0 Å². The number of aliphatic carboxylic acids is 2. The van der Waals surface area contributed by atoms with Crippen LogP contribution in [-0.4, -0.2) is 64.3 Å². The van der Waals surface area contributed by atoms with Crippen molar-refractivity contribution in [3.63, 3.8) is 0 Å². The zero-order valence-electron chi connectivity index (χ0n) is 28.4. The number of methoxy groups -OCH3 is 1. The zero-order valence-corrected chi connectivity index (χ0v) is 30.6. The van der Waals surface area contributed by atoms with Crippen molar-refractivity contribution < 1.29 is 34.1 Å². The third kappa shape index (κ3) is 7.49. The Labute approximate surface area is 318 Å². The number of halogens is 1. The minimum Gasteiger partial charge on any atom is -0.497 e. The second kappa shape index (κ2) is 15.3. The van der Waals surface area contributed by atoms with Gasteiger partial charge in [0.25, 0.3) is 5.91 Å². The van der Waals surface area contributed by atoms with Gasteiger partial charge in [-0.3, -0.25) is 9.59 Å². The lowest BCUT2D eigenvalue weighted by molar-refractivity contribution is -0.147. The molecule has 53 heavy (non-hydrogen) atoms. The second-order valence-corrected chi connectivity index (χ2v) is 13.5. The quantitative estimate of drug-likeness (QED) is 0.0964. The van der Waals surface area contributed by atoms with Gasteiger partial charge in [-0.2, -0.15) is 0 Å². The van der Waals surface area contributed by atoms with Gasteiger partial charge >= 0.3 is 11.9 Å². The van der Waals surface area contributed by atoms with Gasteiger partial charge in [0.05, 0.1) is 28.5 Å². The summed E-state index contributed by atoms with van der Waals surface area (Å²) in [6.45, 7) is -0.467. The number of hydrogen-bond donors (Lipinski definition) is 4. The molecule has 5 aromatic rings. The molecule has 0 unspecified atom stereocenters. The van der Waals surface area contributed by atoms with Gasteiger partial charge in [0.2, 0.25) is 0 Å². The molecule has 1 amide bonds. The lowest BCUT2D eigenvalue weighted by Crippen LogP contribution is -2.44. The topological polar surface area (TPSA) is 163 Å². The maximum absolute atomic E-state index is 12.4. The lowest BCUT2D eigenvalue weighted by Gasteiger charge is -2.19. The molecule has 0 saturated heterocycles. The number of amides is 1. The normalized spacial score (nSPS) is 14.6. The Bertz CT molecular complexity index is 2310. The highest BCUT2D eigenvalue weighted by molar-refractivity contribution is 14.1. The number of aliphatic imine (C=N–C) groups is 2. The first-order valence-corrected chi connectivity index (χ1v) is 17.9. The van der Waals surface area contributed by atoms with E-state index in [0.29, 0.717) is 30.2 Å². The molecule has 1 aliphatic heterocycles. The SMILES string of the molecule is COc1ccc(C2=N/C(=N\c3[nH]c4c(c3-c3ccccc3)CCc3cc(OCC(=O)N[C@@H](CC(=O)O)C(=O)O)ccc3-4)C(c3ccccc3)=C2I)cc1. The van der Waals surface area contributed by atoms with Gasteiger partial charge in [0.15, 0.2) is 12.4 Å². The van der Waals surface area contributed by atoms with Crippen LogP contribution in [0.15, 0.2) is 117 Å². The summed E-state index contributed by atoms with van der Waals surface area (Å²) in [7, 11) is 1.64. The number of rotatable bonds is 12. The maximum atomic E-state index is 12.4. The predicted molar refractivity (Wildman–Crippen MR) is 210 cm³/mol. The molecule has 2 aliphatic rings. The number of aryl methyl sites for hydroxylation is 1. The van der Waals surface area contributed by atoms with Crippen LogP contribution in [0.1, 0.15) is 28.7 Å². The van der Waals surface area contributed by atoms with Crippen LogP contribution >= 0.6 is 22.6 Å². The number of nitrogens with one attached hydrogen (secondary N) is 2. The smallest absolute Gasteiger partial charge is 0.326 e. The van der Waals surface area contributed by atoms with Gasteiger partial charge in [0.1, 0.15) is 23.4 Å². The van der Waals surface area contributed by atoms with Crippen LogP contribution in [0.2, 0.25) is 0 Å². The van der Waals surface area contributed by atoms with E-state index in [-0.39, 0.29) is 0 Å². The van der Waals surface area contributed by atoms with E-state index in [1.165, 1.54) is 0 Å². The van der Waals surface area contributed by atoms with Crippen LogP contribution in [0.25, 0.3) is 28.0 Å². The first-order valence-electron chi connectivity index (χ1n) is 16.8. The average molecular weight is 821 g/mol. The van der Waals surface area contributed by atoms with Gasteiger partial charge < -0.3 is 30.0 Å². The number of fused-ring (bicyclic) bond motifs is 3. The Hall–Kier alpha value is -6.02. The molecule has 266 valence electrons. The summed E-state index contributed by atoms with van der Waals surface area (Å²) < 4.78 is 12.1. The van der Waals surface area contributed by atoms with Crippen molar-refractivity contribution >= 4 is 63.4 Å². The number of carbonyl (C=O) groups excluding carboxylic acids is 1. The zero-order chi connectivity index (χ0) is 37.1. The van der Waals surface area contributed by atoms with Crippen molar-refractivity contribution in [3.05, 3.63) is 129 Å². The molecule has 0 fully saturated rings. The number of hydrogen-bond acceptors (Lipinski definition) is 6. The Balaban J connectivity index is 1.25. The molecular weight excluding hydrogens is 787 g/mol. The summed E-state index contributed by atoms with van der Waals surface area (Å²) in [4.78, 5) is 48.8. The van der Waals surface area contributed by atoms with Crippen LogP contribution < -0.4 is 14.8 Å². The standard InChI is InChI=1S/C41H33IN4O7/c1-52-27-15-12-25(13-16-27)37-36(42)35(24-10-6-3-7-11-24)40(44-37)46-39-34(23-8-4-2-5-9-23)30-18-14-26-20-28(17-19-29(26)38(30)45-39)53-22-32(47)43-31(41(50)51)21-33(48)49/h2-13,15-17,19-20,31,45H,14,18,21-22H2,1H3,(H,43,47)(H,48,49)(H,50,51)/b46-40-/t31-/m0/s1. The molecule has 2 heterocycles. The summed E-state index contributed by atoms with van der Waals surface area (Å²) >= 11 is 2.36. The summed E-state index contributed by atoms with van der Waals surface area (Å²) in [5.41, 5.74) is 9.80. The first-order chi connectivity index (χ1) is 25.7. The fourth-order valence-corrected chi connectivity index (χ4v) is 7.53. The largest absolute Gasteiger partial charge is 0.497 e. The molecule has 0 spiro atoms. The molecule has 4 aromatic carbocycles. The number of benzene rings is 4. The maximum Gasteiger partial charge on any atom is 0.326 e. The van der Waals surface area contributed by atoms with Crippen molar-refractivity contribution in [2.75, 3.05) is 13.7 Å². The minimum absolute atomic E-state index is 0.432. The predicted octanol–water partition coefficient (Wildman–Crippen LogP) is 7.26. The molecule has 1 aromatic heterocycles. The number of aromatic amines is 1. The number of carbonyl (C=O) groups is 3. The fourth-order valence-electron chi connectivity index (χ4n) is 6.55. The van der Waals surface area contributed by atoms with E-state index in [9.17, 15) is 19.5 Å². The highest BCUT2D eigenvalue weighted by atomic mass is 127. The van der Waals surface area contributed by atoms with Crippen LogP contribution in [-0.2, 0) is 27.2 Å². The fraction of sp³-hybridized carbons (Fsp3) is 0.146. The Morgan fingerprint density at radius 1 is 0.887 bits per heavy atom. The molecule has 1 aliphatic carbocycles. The van der Waals surface area contributed by atoms with Crippen molar-refractivity contribution in [1.82, 2.24) is 10.3 Å². The lowest BCUT2D eigenvalue weighted by atomic mass is 9.87. The van der Waals surface area contributed by atoms with E-state index in [2.05, 4.69) is 57.2 Å². The number of aromatic nitrogens is 1. The van der Waals surface area contributed by atoms with E-state index in [0.717, 1.165) is 65.3 Å². The highest BCUT2D eigenvalue weighted by Crippen LogP contribution is 2.46. The molecule has 0 saturated carbocycles. The molecular formula is C41H33IN4O7. The Morgan fingerprint density at radius 2 is 1.57 bits per heavy atom. The van der Waals surface area contributed by atoms with Crippen molar-refractivity contribution in [2.24, 2.45) is 9.98 Å². The Kier molecular flexibility index (Phi) is 10.2. The molecule has 1 atom stereocenters. The van der Waals surface area contributed by atoms with E-state index in [1.54, 1.807) is 13.2 Å². The summed E-state index contributed by atoms with van der Waals surface area (Å²) in [5.74, 6) is -1.02. The third-order valence-corrected chi connectivity index (χ3v) is 10.1. The van der Waals surface area contributed by atoms with Gasteiger partial charge in [-0.25, -0.2) is 14.8 Å². The summed E-state index contributed by atoms with van der Waals surface area (Å²) in [6.07, 6.45) is 0.675. The molecule has 7 rings (SSSR count). The third-order valence-electron chi connectivity index (χ3n) is 9.03. The molecule has 0 radical (unpaired) electrons. The minimum atomic E-state index is -1.55. The Morgan fingerprint density at radius 3 is 2.23 bits per heavy atom. The van der Waals surface area contributed by atoms with E-state index in [4.69, 9.17) is 24.6 Å². The number of allylic oxidation sites excluding steroid dienone is 1. The van der Waals surface area contributed by atoms with Crippen molar-refractivity contribution in [3.8, 4) is 33.9 Å². The summed E-state index contributed by atoms with van der Waals surface area (Å²) in [6, 6.07) is 32.1. The average Bonchev–Trinajstić information content (AvgIpc) is 3.70. The van der Waals surface area contributed by atoms with E-state index >= 15 is 0 Å². The number of ether oxygens (including phenoxy) is 2. The monoisotopic (exact) mass is 820 g/mol. The number of H-pyrrole nitrogens is 1. The molecule has 12 heteroatoms. The van der Waals surface area contributed by atoms with E-state index in [1.807, 2.05) is 72.8 Å². The van der Waals surface area contributed by atoms with E-state index < -0.39 is 36.9 Å². The van der Waals surface area contributed by atoms with Crippen LogP contribution in [0, 0.1) is 0 Å². The van der Waals surface area contributed by atoms with Crippen molar-refractivity contribution in [2.45, 2.75) is 25.3 Å². The van der Waals surface area contributed by atoms with Gasteiger partial charge in [-0.05, 0) is 100 Å². The molecule has 11 nitrogen and oxygen atoms in total. The van der Waals surface area contributed by atoms with Crippen LogP contribution in [0.5, 0.6) is 11.5 Å². The molecule has 0 bridgehead atoms. The number of carboxylic acid groups (broad SMARTS) is 2. The van der Waals surface area contributed by atoms with Crippen LogP contribution in [0.4, 0.5) is 5.82 Å². The molecule has 4 N–H and O–H groups in total. The number of carboxylic acids is 2.